The Hall–Kier alpha value is -2.18. The quantitative estimate of drug-likeness (QED) is 0.677. The summed E-state index contributed by atoms with van der Waals surface area (Å²) >= 11 is 0. The van der Waals surface area contributed by atoms with Crippen LogP contribution in [0.4, 0.5) is 11.5 Å². The van der Waals surface area contributed by atoms with Crippen LogP contribution in [0.2, 0.25) is 0 Å². The molecule has 1 aromatic rings. The molecule has 2 rings (SSSR count). The Kier molecular flexibility index (Phi) is 4.11. The number of piperidine rings is 1. The monoisotopic (exact) mass is 293 g/mol. The third-order valence-corrected chi connectivity index (χ3v) is 4.44. The van der Waals surface area contributed by atoms with E-state index in [9.17, 15) is 14.9 Å². The summed E-state index contributed by atoms with van der Waals surface area (Å²) in [6.07, 6.45) is 4.15. The average Bonchev–Trinajstić information content (AvgIpc) is 2.47. The largest absolute Gasteiger partial charge is 0.477 e. The van der Waals surface area contributed by atoms with E-state index in [0.717, 1.165) is 38.5 Å². The first-order valence-electron chi connectivity index (χ1n) is 6.99. The molecule has 0 atom stereocenters. The Labute approximate surface area is 122 Å². The standard InChI is InChI=1S/C14H19N3O4/c1-3-14(2)4-6-16(7-5-14)12-8-10(13(18)19)11(9-15-12)17(20)21/h8-9H,3-7H2,1-2H3,(H,18,19). The first-order chi connectivity index (χ1) is 9.86. The summed E-state index contributed by atoms with van der Waals surface area (Å²) in [4.78, 5) is 27.3. The van der Waals surface area contributed by atoms with Crippen molar-refractivity contribution < 1.29 is 14.8 Å². The molecular formula is C14H19N3O4. The molecule has 21 heavy (non-hydrogen) atoms. The van der Waals surface area contributed by atoms with Crippen LogP contribution in [0.1, 0.15) is 43.5 Å². The number of aromatic carboxylic acids is 1. The van der Waals surface area contributed by atoms with Gasteiger partial charge in [-0.2, -0.15) is 0 Å². The molecule has 2 heterocycles. The van der Waals surface area contributed by atoms with Crippen molar-refractivity contribution in [3.05, 3.63) is 27.9 Å². The Morgan fingerprint density at radius 1 is 1.52 bits per heavy atom. The van der Waals surface area contributed by atoms with Crippen LogP contribution >= 0.6 is 0 Å². The highest BCUT2D eigenvalue weighted by Crippen LogP contribution is 2.35. The minimum Gasteiger partial charge on any atom is -0.477 e. The van der Waals surface area contributed by atoms with E-state index in [1.54, 1.807) is 0 Å². The number of carboxylic acid groups (broad SMARTS) is 1. The minimum atomic E-state index is -1.30. The molecular weight excluding hydrogens is 274 g/mol. The lowest BCUT2D eigenvalue weighted by Crippen LogP contribution is -2.38. The summed E-state index contributed by atoms with van der Waals surface area (Å²) < 4.78 is 0. The van der Waals surface area contributed by atoms with Crippen molar-refractivity contribution in [2.45, 2.75) is 33.1 Å². The van der Waals surface area contributed by atoms with E-state index in [-0.39, 0.29) is 5.56 Å². The van der Waals surface area contributed by atoms with Gasteiger partial charge in [0.1, 0.15) is 17.6 Å². The van der Waals surface area contributed by atoms with E-state index < -0.39 is 16.6 Å². The molecule has 1 fully saturated rings. The fourth-order valence-electron chi connectivity index (χ4n) is 2.56. The summed E-state index contributed by atoms with van der Waals surface area (Å²) in [7, 11) is 0. The van der Waals surface area contributed by atoms with Gasteiger partial charge in [0.15, 0.2) is 0 Å². The molecule has 1 aliphatic heterocycles. The zero-order chi connectivity index (χ0) is 15.6. The number of nitrogens with zero attached hydrogens (tertiary/aromatic N) is 3. The summed E-state index contributed by atoms with van der Waals surface area (Å²) in [6, 6.07) is 1.30. The Morgan fingerprint density at radius 2 is 2.14 bits per heavy atom. The highest BCUT2D eigenvalue weighted by molar-refractivity contribution is 5.93. The maximum absolute atomic E-state index is 11.2. The van der Waals surface area contributed by atoms with Gasteiger partial charge in [0.25, 0.3) is 0 Å². The van der Waals surface area contributed by atoms with Gasteiger partial charge in [-0.05, 0) is 18.3 Å². The first kappa shape index (κ1) is 15.2. The maximum atomic E-state index is 11.2. The van der Waals surface area contributed by atoms with Gasteiger partial charge in [0.2, 0.25) is 0 Å². The normalized spacial score (nSPS) is 17.5. The highest BCUT2D eigenvalue weighted by atomic mass is 16.6. The summed E-state index contributed by atoms with van der Waals surface area (Å²) in [5.74, 6) is -0.808. The minimum absolute atomic E-state index is 0.311. The second-order valence-electron chi connectivity index (χ2n) is 5.77. The molecule has 0 aliphatic carbocycles. The predicted octanol–water partition coefficient (Wildman–Crippen LogP) is 2.70. The van der Waals surface area contributed by atoms with Crippen molar-refractivity contribution in [2.24, 2.45) is 5.41 Å². The van der Waals surface area contributed by atoms with Crippen LogP contribution in [-0.2, 0) is 0 Å². The lowest BCUT2D eigenvalue weighted by atomic mass is 9.78. The number of pyridine rings is 1. The van der Waals surface area contributed by atoms with Crippen LogP contribution in [0.15, 0.2) is 12.3 Å². The Bertz CT molecular complexity index is 565. The van der Waals surface area contributed by atoms with Crippen LogP contribution < -0.4 is 4.90 Å². The topological polar surface area (TPSA) is 96.6 Å². The van der Waals surface area contributed by atoms with Crippen LogP contribution in [0, 0.1) is 15.5 Å². The molecule has 7 nitrogen and oxygen atoms in total. The van der Waals surface area contributed by atoms with Crippen molar-refractivity contribution >= 4 is 17.5 Å². The molecule has 0 spiro atoms. The third kappa shape index (κ3) is 3.12. The van der Waals surface area contributed by atoms with Crippen molar-refractivity contribution in [3.8, 4) is 0 Å². The number of hydrogen-bond donors (Lipinski definition) is 1. The molecule has 1 aliphatic rings. The number of nitro groups is 1. The van der Waals surface area contributed by atoms with Gasteiger partial charge in [-0.1, -0.05) is 20.3 Å². The average molecular weight is 293 g/mol. The zero-order valence-electron chi connectivity index (χ0n) is 12.2. The van der Waals surface area contributed by atoms with Crippen LogP contribution in [0.3, 0.4) is 0 Å². The van der Waals surface area contributed by atoms with Crippen LogP contribution in [-0.4, -0.2) is 34.1 Å². The fraction of sp³-hybridized carbons (Fsp3) is 0.571. The molecule has 0 radical (unpaired) electrons. The number of anilines is 1. The van der Waals surface area contributed by atoms with Gasteiger partial charge < -0.3 is 10.0 Å². The maximum Gasteiger partial charge on any atom is 0.342 e. The SMILES string of the molecule is CCC1(C)CCN(c2cc(C(=O)O)c([N+](=O)[O-])cn2)CC1. The zero-order valence-corrected chi connectivity index (χ0v) is 12.2. The smallest absolute Gasteiger partial charge is 0.342 e. The Morgan fingerprint density at radius 3 is 2.62 bits per heavy atom. The molecule has 0 unspecified atom stereocenters. The van der Waals surface area contributed by atoms with Gasteiger partial charge in [0.05, 0.1) is 4.92 Å². The second-order valence-corrected chi connectivity index (χ2v) is 5.77. The molecule has 0 bridgehead atoms. The number of aromatic nitrogens is 1. The van der Waals surface area contributed by atoms with E-state index >= 15 is 0 Å². The number of hydrogen-bond acceptors (Lipinski definition) is 5. The van der Waals surface area contributed by atoms with E-state index in [2.05, 4.69) is 18.8 Å². The van der Waals surface area contributed by atoms with E-state index in [1.165, 1.54) is 6.07 Å². The van der Waals surface area contributed by atoms with Gasteiger partial charge >= 0.3 is 11.7 Å². The molecule has 114 valence electrons. The predicted molar refractivity (Wildman–Crippen MR) is 77.7 cm³/mol. The highest BCUT2D eigenvalue weighted by Gasteiger charge is 2.30. The first-order valence-corrected chi connectivity index (χ1v) is 6.99. The van der Waals surface area contributed by atoms with E-state index in [4.69, 9.17) is 5.11 Å². The molecule has 0 amide bonds. The third-order valence-electron chi connectivity index (χ3n) is 4.44. The molecule has 0 saturated carbocycles. The second kappa shape index (κ2) is 5.67. The number of carbonyl (C=O) groups is 1. The van der Waals surface area contributed by atoms with Gasteiger partial charge in [-0.15, -0.1) is 0 Å². The Balaban J connectivity index is 2.24. The van der Waals surface area contributed by atoms with Crippen molar-refractivity contribution in [1.29, 1.82) is 0 Å². The summed E-state index contributed by atoms with van der Waals surface area (Å²) in [5, 5.41) is 19.9. The van der Waals surface area contributed by atoms with Crippen LogP contribution in [0.25, 0.3) is 0 Å². The van der Waals surface area contributed by atoms with E-state index in [1.807, 2.05) is 4.90 Å². The molecule has 1 N–H and O–H groups in total. The van der Waals surface area contributed by atoms with Crippen molar-refractivity contribution in [2.75, 3.05) is 18.0 Å². The van der Waals surface area contributed by atoms with Crippen LogP contribution in [0.5, 0.6) is 0 Å². The van der Waals surface area contributed by atoms with E-state index in [0.29, 0.717) is 11.2 Å². The molecule has 0 aromatic carbocycles. The van der Waals surface area contributed by atoms with Gasteiger partial charge in [0, 0.05) is 19.2 Å². The number of carboxylic acids is 1. The molecule has 7 heteroatoms. The molecule has 1 aromatic heterocycles. The lowest BCUT2D eigenvalue weighted by Gasteiger charge is -2.39. The fourth-order valence-corrected chi connectivity index (χ4v) is 2.56. The molecule has 1 saturated heterocycles. The van der Waals surface area contributed by atoms with Gasteiger partial charge in [-0.25, -0.2) is 9.78 Å². The lowest BCUT2D eigenvalue weighted by molar-refractivity contribution is -0.385. The summed E-state index contributed by atoms with van der Waals surface area (Å²) in [6.45, 7) is 5.99. The summed E-state index contributed by atoms with van der Waals surface area (Å²) in [5.41, 5.74) is -0.470. The van der Waals surface area contributed by atoms with Crippen molar-refractivity contribution in [3.63, 3.8) is 0 Å². The van der Waals surface area contributed by atoms with Crippen molar-refractivity contribution in [1.82, 2.24) is 4.98 Å². The number of rotatable bonds is 4. The van der Waals surface area contributed by atoms with Gasteiger partial charge in [-0.3, -0.25) is 10.1 Å².